The van der Waals surface area contributed by atoms with Crippen molar-refractivity contribution in [3.63, 3.8) is 0 Å². The smallest absolute Gasteiger partial charge is 0.225 e. The molecule has 0 spiro atoms. The monoisotopic (exact) mass is 409 g/mol. The molecule has 1 aliphatic heterocycles. The minimum Gasteiger partial charge on any atom is -0.494 e. The van der Waals surface area contributed by atoms with E-state index in [1.807, 2.05) is 19.1 Å². The summed E-state index contributed by atoms with van der Waals surface area (Å²) in [6.45, 7) is 6.95. The van der Waals surface area contributed by atoms with Crippen molar-refractivity contribution in [3.05, 3.63) is 53.6 Å². The van der Waals surface area contributed by atoms with Gasteiger partial charge in [-0.05, 0) is 50.5 Å². The van der Waals surface area contributed by atoms with E-state index in [-0.39, 0.29) is 11.8 Å². The zero-order valence-corrected chi connectivity index (χ0v) is 17.8. The first-order valence-electron chi connectivity index (χ1n) is 10.2. The largest absolute Gasteiger partial charge is 0.494 e. The summed E-state index contributed by atoms with van der Waals surface area (Å²) in [6.07, 6.45) is 1.93. The second-order valence-corrected chi connectivity index (χ2v) is 8.56. The molecular formula is C23H27N3O2S. The van der Waals surface area contributed by atoms with Crippen molar-refractivity contribution < 1.29 is 9.53 Å². The van der Waals surface area contributed by atoms with Crippen LogP contribution in [0.5, 0.6) is 5.75 Å². The summed E-state index contributed by atoms with van der Waals surface area (Å²) in [5.41, 5.74) is 3.35. The quantitative estimate of drug-likeness (QED) is 0.650. The van der Waals surface area contributed by atoms with E-state index in [9.17, 15) is 4.79 Å². The topological polar surface area (TPSA) is 54.5 Å². The molecule has 2 heterocycles. The van der Waals surface area contributed by atoms with E-state index in [0.717, 1.165) is 52.6 Å². The molecule has 6 heteroatoms. The minimum atomic E-state index is 0.000182. The van der Waals surface area contributed by atoms with Crippen LogP contribution < -0.4 is 15.0 Å². The minimum absolute atomic E-state index is 0.000182. The summed E-state index contributed by atoms with van der Waals surface area (Å²) < 4.78 is 6.72. The van der Waals surface area contributed by atoms with Crippen molar-refractivity contribution in [3.8, 4) is 5.75 Å². The van der Waals surface area contributed by atoms with Gasteiger partial charge in [-0.25, -0.2) is 4.98 Å². The molecule has 29 heavy (non-hydrogen) atoms. The van der Waals surface area contributed by atoms with Crippen molar-refractivity contribution in [1.29, 1.82) is 0 Å². The second kappa shape index (κ2) is 8.82. The maximum Gasteiger partial charge on any atom is 0.225 e. The standard InChI is InChI=1S/C23H27N3O2S/c1-3-28-19-10-11-20-21(13-19)29-23(25-20)26-12-4-5-18(15-26)22(27)24-14-17-8-6-16(2)7-9-17/h6-11,13,18H,3-5,12,14-15H2,1-2H3,(H,24,27)/t18-/m1/s1. The van der Waals surface area contributed by atoms with Gasteiger partial charge in [-0.15, -0.1) is 0 Å². The number of thiazole rings is 1. The van der Waals surface area contributed by atoms with E-state index >= 15 is 0 Å². The number of anilines is 1. The van der Waals surface area contributed by atoms with E-state index in [4.69, 9.17) is 9.72 Å². The van der Waals surface area contributed by atoms with Gasteiger partial charge in [0.05, 0.1) is 22.7 Å². The van der Waals surface area contributed by atoms with Crippen molar-refractivity contribution in [1.82, 2.24) is 10.3 Å². The lowest BCUT2D eigenvalue weighted by molar-refractivity contribution is -0.125. The lowest BCUT2D eigenvalue weighted by Crippen LogP contribution is -2.42. The first kappa shape index (κ1) is 19.7. The van der Waals surface area contributed by atoms with Gasteiger partial charge in [0.1, 0.15) is 5.75 Å². The molecule has 0 bridgehead atoms. The van der Waals surface area contributed by atoms with Crippen LogP contribution in [0.3, 0.4) is 0 Å². The zero-order chi connectivity index (χ0) is 20.2. The Bertz CT molecular complexity index is 983. The Morgan fingerprint density at radius 1 is 1.28 bits per heavy atom. The Labute approximate surface area is 175 Å². The molecule has 5 nitrogen and oxygen atoms in total. The Kier molecular flexibility index (Phi) is 6.00. The average molecular weight is 410 g/mol. The molecular weight excluding hydrogens is 382 g/mol. The number of aryl methyl sites for hydroxylation is 1. The van der Waals surface area contributed by atoms with Gasteiger partial charge in [-0.2, -0.15) is 0 Å². The molecule has 0 radical (unpaired) electrons. The summed E-state index contributed by atoms with van der Waals surface area (Å²) >= 11 is 1.67. The van der Waals surface area contributed by atoms with Gasteiger partial charge in [0.25, 0.3) is 0 Å². The molecule has 1 N–H and O–H groups in total. The number of aromatic nitrogens is 1. The molecule has 2 aromatic carbocycles. The highest BCUT2D eigenvalue weighted by atomic mass is 32.1. The predicted octanol–water partition coefficient (Wildman–Crippen LogP) is 4.54. The number of benzene rings is 2. The maximum atomic E-state index is 12.7. The third-order valence-electron chi connectivity index (χ3n) is 5.31. The summed E-state index contributed by atoms with van der Waals surface area (Å²) in [4.78, 5) is 19.8. The molecule has 0 saturated carbocycles. The van der Waals surface area contributed by atoms with Crippen LogP contribution in [-0.2, 0) is 11.3 Å². The van der Waals surface area contributed by atoms with E-state index in [0.29, 0.717) is 13.2 Å². The Hall–Kier alpha value is -2.60. The third-order valence-corrected chi connectivity index (χ3v) is 6.39. The average Bonchev–Trinajstić information content (AvgIpc) is 3.17. The number of piperidine rings is 1. The van der Waals surface area contributed by atoms with Crippen LogP contribution in [0.4, 0.5) is 5.13 Å². The Morgan fingerprint density at radius 2 is 2.10 bits per heavy atom. The summed E-state index contributed by atoms with van der Waals surface area (Å²) in [5, 5.41) is 4.10. The highest BCUT2D eigenvalue weighted by Gasteiger charge is 2.27. The number of carbonyl (C=O) groups is 1. The number of hydrogen-bond donors (Lipinski definition) is 1. The number of hydrogen-bond acceptors (Lipinski definition) is 5. The fraction of sp³-hybridized carbons (Fsp3) is 0.391. The van der Waals surface area contributed by atoms with Gasteiger partial charge in [0.15, 0.2) is 5.13 Å². The van der Waals surface area contributed by atoms with Gasteiger partial charge in [0.2, 0.25) is 5.91 Å². The van der Waals surface area contributed by atoms with Crippen molar-refractivity contribution in [2.75, 3.05) is 24.6 Å². The maximum absolute atomic E-state index is 12.7. The summed E-state index contributed by atoms with van der Waals surface area (Å²) in [7, 11) is 0. The van der Waals surface area contributed by atoms with Gasteiger partial charge in [-0.3, -0.25) is 4.79 Å². The lowest BCUT2D eigenvalue weighted by atomic mass is 9.97. The van der Waals surface area contributed by atoms with Crippen LogP contribution in [0, 0.1) is 12.8 Å². The molecule has 4 rings (SSSR count). The fourth-order valence-electron chi connectivity index (χ4n) is 3.69. The van der Waals surface area contributed by atoms with Crippen molar-refractivity contribution in [2.24, 2.45) is 5.92 Å². The molecule has 1 saturated heterocycles. The van der Waals surface area contributed by atoms with E-state index < -0.39 is 0 Å². The van der Waals surface area contributed by atoms with Crippen molar-refractivity contribution in [2.45, 2.75) is 33.2 Å². The van der Waals surface area contributed by atoms with Gasteiger partial charge in [-0.1, -0.05) is 41.2 Å². The molecule has 152 valence electrons. The highest BCUT2D eigenvalue weighted by molar-refractivity contribution is 7.22. The van der Waals surface area contributed by atoms with E-state index in [1.54, 1.807) is 11.3 Å². The van der Waals surface area contributed by atoms with E-state index in [2.05, 4.69) is 47.5 Å². The SMILES string of the molecule is CCOc1ccc2nc(N3CCC[C@@H](C(=O)NCc4ccc(C)cc4)C3)sc2c1. The number of carbonyl (C=O) groups excluding carboxylic acids is 1. The Morgan fingerprint density at radius 3 is 2.90 bits per heavy atom. The molecule has 1 amide bonds. The van der Waals surface area contributed by atoms with Gasteiger partial charge in [0, 0.05) is 19.6 Å². The molecule has 1 aliphatic rings. The van der Waals surface area contributed by atoms with Crippen LogP contribution in [0.2, 0.25) is 0 Å². The number of rotatable bonds is 6. The van der Waals surface area contributed by atoms with Crippen LogP contribution in [0.1, 0.15) is 30.9 Å². The Balaban J connectivity index is 1.40. The number of fused-ring (bicyclic) bond motifs is 1. The second-order valence-electron chi connectivity index (χ2n) is 7.55. The molecule has 3 aromatic rings. The number of ether oxygens (including phenoxy) is 1. The fourth-order valence-corrected chi connectivity index (χ4v) is 4.72. The van der Waals surface area contributed by atoms with Crippen LogP contribution >= 0.6 is 11.3 Å². The van der Waals surface area contributed by atoms with Crippen LogP contribution in [0.15, 0.2) is 42.5 Å². The van der Waals surface area contributed by atoms with Gasteiger partial charge >= 0.3 is 0 Å². The predicted molar refractivity (Wildman–Crippen MR) is 119 cm³/mol. The highest BCUT2D eigenvalue weighted by Crippen LogP contribution is 2.33. The summed E-state index contributed by atoms with van der Waals surface area (Å²) in [6, 6.07) is 14.3. The first-order valence-corrected chi connectivity index (χ1v) is 11.1. The van der Waals surface area contributed by atoms with E-state index in [1.165, 1.54) is 5.56 Å². The molecule has 1 atom stereocenters. The lowest BCUT2D eigenvalue weighted by Gasteiger charge is -2.31. The van der Waals surface area contributed by atoms with Gasteiger partial charge < -0.3 is 15.0 Å². The molecule has 0 unspecified atom stereocenters. The number of nitrogens with one attached hydrogen (secondary N) is 1. The summed E-state index contributed by atoms with van der Waals surface area (Å²) in [5.74, 6) is 1.01. The van der Waals surface area contributed by atoms with Crippen molar-refractivity contribution >= 4 is 32.6 Å². The van der Waals surface area contributed by atoms with Crippen LogP contribution in [0.25, 0.3) is 10.2 Å². The molecule has 1 aromatic heterocycles. The normalized spacial score (nSPS) is 16.8. The first-order chi connectivity index (χ1) is 14.1. The molecule has 0 aliphatic carbocycles. The zero-order valence-electron chi connectivity index (χ0n) is 17.0. The molecule has 1 fully saturated rings. The third kappa shape index (κ3) is 4.70. The number of nitrogens with zero attached hydrogens (tertiary/aromatic N) is 2. The van der Waals surface area contributed by atoms with Crippen LogP contribution in [-0.4, -0.2) is 30.6 Å². The number of amides is 1.